The fraction of sp³-hybridized carbons (Fsp3) is 0.182. The maximum Gasteiger partial charge on any atom is 0.311 e. The molecule has 1 N–H and O–H groups in total. The molecular weight excluding hydrogens is 378 g/mol. The summed E-state index contributed by atoms with van der Waals surface area (Å²) in [6.07, 6.45) is 1.76. The number of allylic oxidation sites excluding steroid dienone is 1. The fourth-order valence-electron chi connectivity index (χ4n) is 3.54. The third kappa shape index (κ3) is 3.18. The van der Waals surface area contributed by atoms with Gasteiger partial charge in [0, 0.05) is 16.6 Å². The predicted octanol–water partition coefficient (Wildman–Crippen LogP) is 5.04. The number of hydrogen-bond donors (Lipinski definition) is 1. The third-order valence-electron chi connectivity index (χ3n) is 4.81. The van der Waals surface area contributed by atoms with Gasteiger partial charge in [-0.25, -0.2) is 0 Å². The molecule has 3 aromatic rings. The second kappa shape index (κ2) is 7.90. The number of benzene rings is 2. The van der Waals surface area contributed by atoms with Gasteiger partial charge in [0.25, 0.3) is 5.91 Å². The lowest BCUT2D eigenvalue weighted by molar-refractivity contribution is -0.138. The van der Waals surface area contributed by atoms with Crippen molar-refractivity contribution in [2.24, 2.45) is 0 Å². The summed E-state index contributed by atoms with van der Waals surface area (Å²) in [5.41, 5.74) is 2.07. The minimum absolute atomic E-state index is 0.211. The monoisotopic (exact) mass is 397 g/mol. The molecule has 0 fully saturated rings. The van der Waals surface area contributed by atoms with E-state index in [0.29, 0.717) is 33.5 Å². The van der Waals surface area contributed by atoms with E-state index in [4.69, 9.17) is 16.3 Å². The molecule has 0 aliphatic rings. The van der Waals surface area contributed by atoms with Crippen LogP contribution in [0.25, 0.3) is 10.9 Å². The summed E-state index contributed by atoms with van der Waals surface area (Å²) in [4.78, 5) is 25.2. The fourth-order valence-corrected chi connectivity index (χ4v) is 3.87. The number of ether oxygens (including phenoxy) is 1. The lowest BCUT2D eigenvalue weighted by Gasteiger charge is -2.13. The van der Waals surface area contributed by atoms with Gasteiger partial charge < -0.3 is 9.84 Å². The molecule has 0 amide bonds. The van der Waals surface area contributed by atoms with Crippen molar-refractivity contribution in [2.75, 3.05) is 7.11 Å². The number of carboxylic acid groups (broad SMARTS) is 1. The first-order valence-electron chi connectivity index (χ1n) is 8.73. The van der Waals surface area contributed by atoms with Crippen LogP contribution in [0.4, 0.5) is 0 Å². The van der Waals surface area contributed by atoms with Crippen molar-refractivity contribution in [3.63, 3.8) is 0 Å². The van der Waals surface area contributed by atoms with Crippen LogP contribution in [-0.4, -0.2) is 28.7 Å². The van der Waals surface area contributed by atoms with Crippen molar-refractivity contribution >= 4 is 34.4 Å². The molecule has 1 unspecified atom stereocenters. The van der Waals surface area contributed by atoms with E-state index in [0.717, 1.165) is 0 Å². The number of methoxy groups -OCH3 is 1. The molecule has 1 aromatic heterocycles. The Morgan fingerprint density at radius 2 is 1.93 bits per heavy atom. The van der Waals surface area contributed by atoms with Crippen LogP contribution in [0.2, 0.25) is 5.02 Å². The summed E-state index contributed by atoms with van der Waals surface area (Å²) in [5, 5.41) is 10.6. The number of carbonyl (C=O) groups is 2. The topological polar surface area (TPSA) is 68.5 Å². The van der Waals surface area contributed by atoms with Crippen molar-refractivity contribution in [1.29, 1.82) is 0 Å². The number of carboxylic acids is 1. The first-order chi connectivity index (χ1) is 13.4. The molecule has 0 aliphatic heterocycles. The summed E-state index contributed by atoms with van der Waals surface area (Å²) in [6, 6.07) is 12.2. The van der Waals surface area contributed by atoms with Gasteiger partial charge in [0.1, 0.15) is 5.75 Å². The van der Waals surface area contributed by atoms with Crippen LogP contribution in [0, 0.1) is 6.92 Å². The van der Waals surface area contributed by atoms with E-state index in [1.807, 2.05) is 6.07 Å². The highest BCUT2D eigenvalue weighted by Crippen LogP contribution is 2.42. The van der Waals surface area contributed by atoms with Crippen molar-refractivity contribution in [2.45, 2.75) is 19.3 Å². The van der Waals surface area contributed by atoms with Crippen molar-refractivity contribution in [3.05, 3.63) is 77.0 Å². The van der Waals surface area contributed by atoms with Gasteiger partial charge in [-0.3, -0.25) is 14.2 Å². The summed E-state index contributed by atoms with van der Waals surface area (Å²) in [7, 11) is 1.49. The molecule has 1 heterocycles. The molecule has 0 saturated heterocycles. The first-order valence-corrected chi connectivity index (χ1v) is 9.11. The Bertz CT molecular complexity index is 1070. The largest absolute Gasteiger partial charge is 0.495 e. The van der Waals surface area contributed by atoms with Crippen LogP contribution in [0.3, 0.4) is 0 Å². The molecule has 28 heavy (non-hydrogen) atoms. The molecule has 0 aliphatic carbocycles. The van der Waals surface area contributed by atoms with Gasteiger partial charge in [-0.05, 0) is 43.2 Å². The van der Waals surface area contributed by atoms with E-state index in [1.165, 1.54) is 11.7 Å². The van der Waals surface area contributed by atoms with E-state index in [9.17, 15) is 14.7 Å². The average molecular weight is 398 g/mol. The highest BCUT2D eigenvalue weighted by Gasteiger charge is 2.30. The normalized spacial score (nSPS) is 12.0. The molecule has 0 radical (unpaired) electrons. The van der Waals surface area contributed by atoms with Crippen LogP contribution >= 0.6 is 11.6 Å². The standard InChI is InChI=1S/C22H20ClNO4/c1-4-8-15(22(26)27)18-13(2)24(21(25)14-9-6-5-7-10-14)16-11-12-17(28-3)20(23)19(16)18/h4-7,9-12,15H,1,8H2,2-3H3,(H,26,27). The van der Waals surface area contributed by atoms with Gasteiger partial charge in [0.15, 0.2) is 0 Å². The Morgan fingerprint density at radius 1 is 1.25 bits per heavy atom. The van der Waals surface area contributed by atoms with Crippen molar-refractivity contribution in [1.82, 2.24) is 4.57 Å². The second-order valence-electron chi connectivity index (χ2n) is 6.40. The molecule has 0 bridgehead atoms. The van der Waals surface area contributed by atoms with Gasteiger partial charge in [0.05, 0.1) is 23.6 Å². The minimum Gasteiger partial charge on any atom is -0.495 e. The number of rotatable bonds is 6. The van der Waals surface area contributed by atoms with E-state index >= 15 is 0 Å². The molecule has 3 rings (SSSR count). The molecule has 1 atom stereocenters. The summed E-state index contributed by atoms with van der Waals surface area (Å²) in [6.45, 7) is 5.40. The first kappa shape index (κ1) is 19.7. The van der Waals surface area contributed by atoms with E-state index in [1.54, 1.807) is 49.4 Å². The summed E-state index contributed by atoms with van der Waals surface area (Å²) in [5.74, 6) is -1.72. The zero-order chi connectivity index (χ0) is 20.4. The number of aromatic nitrogens is 1. The Kier molecular flexibility index (Phi) is 5.56. The average Bonchev–Trinajstić information content (AvgIpc) is 2.99. The zero-order valence-electron chi connectivity index (χ0n) is 15.6. The zero-order valence-corrected chi connectivity index (χ0v) is 16.4. The number of hydrogen-bond acceptors (Lipinski definition) is 3. The van der Waals surface area contributed by atoms with Gasteiger partial charge in [-0.1, -0.05) is 35.9 Å². The highest BCUT2D eigenvalue weighted by molar-refractivity contribution is 6.37. The number of aliphatic carboxylic acids is 1. The minimum atomic E-state index is -1.01. The van der Waals surface area contributed by atoms with E-state index in [-0.39, 0.29) is 17.4 Å². The van der Waals surface area contributed by atoms with Crippen molar-refractivity contribution < 1.29 is 19.4 Å². The predicted molar refractivity (Wildman–Crippen MR) is 110 cm³/mol. The molecule has 5 nitrogen and oxygen atoms in total. The number of carbonyl (C=O) groups excluding carboxylic acids is 1. The van der Waals surface area contributed by atoms with Crippen LogP contribution in [0.15, 0.2) is 55.1 Å². The second-order valence-corrected chi connectivity index (χ2v) is 6.77. The van der Waals surface area contributed by atoms with Crippen LogP contribution in [0.5, 0.6) is 5.75 Å². The molecular formula is C22H20ClNO4. The smallest absolute Gasteiger partial charge is 0.311 e. The van der Waals surface area contributed by atoms with E-state index in [2.05, 4.69) is 6.58 Å². The molecule has 144 valence electrons. The van der Waals surface area contributed by atoms with Gasteiger partial charge in [0.2, 0.25) is 0 Å². The number of nitrogens with zero attached hydrogens (tertiary/aromatic N) is 1. The van der Waals surface area contributed by atoms with Crippen LogP contribution in [-0.2, 0) is 4.79 Å². The molecule has 6 heteroatoms. The molecule has 0 spiro atoms. The third-order valence-corrected chi connectivity index (χ3v) is 5.19. The van der Waals surface area contributed by atoms with Crippen LogP contribution in [0.1, 0.15) is 34.0 Å². The van der Waals surface area contributed by atoms with Crippen molar-refractivity contribution in [3.8, 4) is 5.75 Å². The SMILES string of the molecule is C=CCC(C(=O)O)c1c(C)n(C(=O)c2ccccc2)c2ccc(OC)c(Cl)c12. The molecule has 0 saturated carbocycles. The van der Waals surface area contributed by atoms with Crippen LogP contribution < -0.4 is 4.74 Å². The maximum absolute atomic E-state index is 13.2. The number of fused-ring (bicyclic) bond motifs is 1. The van der Waals surface area contributed by atoms with Gasteiger partial charge >= 0.3 is 5.97 Å². The quantitative estimate of drug-likeness (QED) is 0.591. The molecule has 2 aromatic carbocycles. The summed E-state index contributed by atoms with van der Waals surface area (Å²) < 4.78 is 6.83. The highest BCUT2D eigenvalue weighted by atomic mass is 35.5. The maximum atomic E-state index is 13.2. The Labute approximate surface area is 167 Å². The summed E-state index contributed by atoms with van der Waals surface area (Å²) >= 11 is 6.56. The Morgan fingerprint density at radius 3 is 2.50 bits per heavy atom. The Balaban J connectivity index is 2.39. The van der Waals surface area contributed by atoms with Gasteiger partial charge in [-0.2, -0.15) is 0 Å². The van der Waals surface area contributed by atoms with E-state index < -0.39 is 11.9 Å². The van der Waals surface area contributed by atoms with Gasteiger partial charge in [-0.15, -0.1) is 6.58 Å². The Hall–Kier alpha value is -3.05. The number of halogens is 1. The lowest BCUT2D eigenvalue weighted by atomic mass is 9.93. The lowest BCUT2D eigenvalue weighted by Crippen LogP contribution is -2.16.